The predicted octanol–water partition coefficient (Wildman–Crippen LogP) is 2.05. The molecular weight excluding hydrogens is 272 g/mol. The summed E-state index contributed by atoms with van der Waals surface area (Å²) >= 11 is 5.50. The second-order valence-electron chi connectivity index (χ2n) is 4.55. The molecule has 0 saturated carbocycles. The van der Waals surface area contributed by atoms with Gasteiger partial charge >= 0.3 is 0 Å². The maximum absolute atomic E-state index is 11.6. The standard InChI is InChI=1S/C12H27ClN2O2S/c1-4-15(5-2)10-6-8-12(3)14-18(16,17)11-7-9-13/h12,14H,4-11H2,1-3H3. The molecule has 1 unspecified atom stereocenters. The molecule has 110 valence electrons. The first-order chi connectivity index (χ1) is 8.45. The highest BCUT2D eigenvalue weighted by Crippen LogP contribution is 2.02. The van der Waals surface area contributed by atoms with Gasteiger partial charge in [0.15, 0.2) is 0 Å². The molecule has 0 aliphatic rings. The van der Waals surface area contributed by atoms with Crippen LogP contribution >= 0.6 is 11.6 Å². The smallest absolute Gasteiger partial charge is 0.211 e. The Hall–Kier alpha value is 0.160. The van der Waals surface area contributed by atoms with Crippen LogP contribution in [0, 0.1) is 0 Å². The zero-order valence-electron chi connectivity index (χ0n) is 11.8. The van der Waals surface area contributed by atoms with Crippen LogP contribution in [0.3, 0.4) is 0 Å². The summed E-state index contributed by atoms with van der Waals surface area (Å²) in [6.07, 6.45) is 2.39. The number of halogens is 1. The summed E-state index contributed by atoms with van der Waals surface area (Å²) in [5, 5.41) is 0. The van der Waals surface area contributed by atoms with Crippen molar-refractivity contribution in [3.8, 4) is 0 Å². The summed E-state index contributed by atoms with van der Waals surface area (Å²) < 4.78 is 26.0. The van der Waals surface area contributed by atoms with Gasteiger partial charge in [0.25, 0.3) is 0 Å². The molecule has 0 aromatic carbocycles. The topological polar surface area (TPSA) is 49.4 Å². The Kier molecular flexibility index (Phi) is 10.1. The van der Waals surface area contributed by atoms with Crippen molar-refractivity contribution < 1.29 is 8.42 Å². The fourth-order valence-corrected chi connectivity index (χ4v) is 3.50. The lowest BCUT2D eigenvalue weighted by Gasteiger charge is -2.19. The van der Waals surface area contributed by atoms with E-state index in [1.54, 1.807) is 0 Å². The van der Waals surface area contributed by atoms with Gasteiger partial charge in [-0.05, 0) is 45.8 Å². The van der Waals surface area contributed by atoms with Gasteiger partial charge in [-0.15, -0.1) is 11.6 Å². The molecule has 0 bridgehead atoms. The molecule has 0 spiro atoms. The van der Waals surface area contributed by atoms with Gasteiger partial charge in [0, 0.05) is 11.9 Å². The maximum atomic E-state index is 11.6. The number of hydrogen-bond acceptors (Lipinski definition) is 3. The van der Waals surface area contributed by atoms with E-state index in [1.807, 2.05) is 6.92 Å². The van der Waals surface area contributed by atoms with E-state index in [1.165, 1.54) is 0 Å². The Morgan fingerprint density at radius 2 is 1.83 bits per heavy atom. The van der Waals surface area contributed by atoms with Gasteiger partial charge in [-0.3, -0.25) is 0 Å². The van der Waals surface area contributed by atoms with Crippen molar-refractivity contribution >= 4 is 21.6 Å². The van der Waals surface area contributed by atoms with E-state index < -0.39 is 10.0 Å². The molecule has 0 aliphatic carbocycles. The van der Waals surface area contributed by atoms with Crippen LogP contribution in [0.4, 0.5) is 0 Å². The molecule has 0 rings (SSSR count). The summed E-state index contributed by atoms with van der Waals surface area (Å²) in [5.74, 6) is 0.508. The van der Waals surface area contributed by atoms with Gasteiger partial charge in [0.1, 0.15) is 0 Å². The third kappa shape index (κ3) is 9.14. The number of hydrogen-bond donors (Lipinski definition) is 1. The molecule has 18 heavy (non-hydrogen) atoms. The lowest BCUT2D eigenvalue weighted by molar-refractivity contribution is 0.293. The van der Waals surface area contributed by atoms with E-state index in [2.05, 4.69) is 23.5 Å². The Labute approximate surface area is 117 Å². The van der Waals surface area contributed by atoms with E-state index in [4.69, 9.17) is 11.6 Å². The minimum atomic E-state index is -3.15. The highest BCUT2D eigenvalue weighted by Gasteiger charge is 2.13. The highest BCUT2D eigenvalue weighted by molar-refractivity contribution is 7.89. The van der Waals surface area contributed by atoms with Crippen molar-refractivity contribution in [1.82, 2.24) is 9.62 Å². The first-order valence-corrected chi connectivity index (χ1v) is 8.92. The van der Waals surface area contributed by atoms with E-state index in [9.17, 15) is 8.42 Å². The SMILES string of the molecule is CCN(CC)CCCC(C)NS(=O)(=O)CCCCl. The highest BCUT2D eigenvalue weighted by atomic mass is 35.5. The summed E-state index contributed by atoms with van der Waals surface area (Å²) in [5.41, 5.74) is 0. The van der Waals surface area contributed by atoms with Crippen LogP contribution in [-0.2, 0) is 10.0 Å². The lowest BCUT2D eigenvalue weighted by Crippen LogP contribution is -2.35. The Bertz CT molecular complexity index is 292. The largest absolute Gasteiger partial charge is 0.304 e. The quantitative estimate of drug-likeness (QED) is 0.594. The van der Waals surface area contributed by atoms with Crippen LogP contribution in [-0.4, -0.2) is 50.6 Å². The third-order valence-corrected chi connectivity index (χ3v) is 4.79. The van der Waals surface area contributed by atoms with Crippen molar-refractivity contribution in [1.29, 1.82) is 0 Å². The van der Waals surface area contributed by atoms with Gasteiger partial charge in [-0.25, -0.2) is 13.1 Å². The first kappa shape index (κ1) is 18.2. The zero-order valence-corrected chi connectivity index (χ0v) is 13.4. The lowest BCUT2D eigenvalue weighted by atomic mass is 10.2. The number of nitrogens with zero attached hydrogens (tertiary/aromatic N) is 1. The molecule has 4 nitrogen and oxygen atoms in total. The second kappa shape index (κ2) is 10.0. The minimum Gasteiger partial charge on any atom is -0.304 e. The predicted molar refractivity (Wildman–Crippen MR) is 78.7 cm³/mol. The second-order valence-corrected chi connectivity index (χ2v) is 6.80. The molecule has 0 heterocycles. The molecule has 0 saturated heterocycles. The fourth-order valence-electron chi connectivity index (χ4n) is 1.83. The molecule has 1 atom stereocenters. The number of sulfonamides is 1. The third-order valence-electron chi connectivity index (χ3n) is 2.93. The fraction of sp³-hybridized carbons (Fsp3) is 1.00. The van der Waals surface area contributed by atoms with E-state index in [0.29, 0.717) is 12.3 Å². The summed E-state index contributed by atoms with van der Waals surface area (Å²) in [6.45, 7) is 9.32. The summed E-state index contributed by atoms with van der Waals surface area (Å²) in [6, 6.07) is 0.000822. The molecule has 0 fully saturated rings. The van der Waals surface area contributed by atoms with Crippen LogP contribution in [0.1, 0.15) is 40.0 Å². The van der Waals surface area contributed by atoms with Gasteiger partial charge in [-0.2, -0.15) is 0 Å². The van der Waals surface area contributed by atoms with Gasteiger partial charge in [-0.1, -0.05) is 13.8 Å². The molecule has 0 amide bonds. The first-order valence-electron chi connectivity index (χ1n) is 6.73. The van der Waals surface area contributed by atoms with E-state index in [0.717, 1.165) is 32.5 Å². The molecule has 0 aromatic heterocycles. The molecule has 1 N–H and O–H groups in total. The normalized spacial score (nSPS) is 14.1. The monoisotopic (exact) mass is 298 g/mol. The van der Waals surface area contributed by atoms with Crippen molar-refractivity contribution in [2.75, 3.05) is 31.3 Å². The molecule has 0 aromatic rings. The van der Waals surface area contributed by atoms with Gasteiger partial charge in [0.2, 0.25) is 10.0 Å². The average Bonchev–Trinajstić information content (AvgIpc) is 2.31. The average molecular weight is 299 g/mol. The van der Waals surface area contributed by atoms with Crippen LogP contribution in [0.25, 0.3) is 0 Å². The Morgan fingerprint density at radius 3 is 2.33 bits per heavy atom. The number of nitrogens with one attached hydrogen (secondary N) is 1. The zero-order chi connectivity index (χ0) is 14.0. The van der Waals surface area contributed by atoms with Gasteiger partial charge < -0.3 is 4.90 Å². The van der Waals surface area contributed by atoms with Crippen molar-refractivity contribution in [2.45, 2.75) is 46.1 Å². The van der Waals surface area contributed by atoms with Crippen molar-refractivity contribution in [2.24, 2.45) is 0 Å². The van der Waals surface area contributed by atoms with Gasteiger partial charge in [0.05, 0.1) is 5.75 Å². The molecule has 0 aliphatic heterocycles. The van der Waals surface area contributed by atoms with Crippen LogP contribution < -0.4 is 4.72 Å². The van der Waals surface area contributed by atoms with Crippen molar-refractivity contribution in [3.63, 3.8) is 0 Å². The Morgan fingerprint density at radius 1 is 1.22 bits per heavy atom. The summed E-state index contributed by atoms with van der Waals surface area (Å²) in [7, 11) is -3.15. The van der Waals surface area contributed by atoms with E-state index >= 15 is 0 Å². The van der Waals surface area contributed by atoms with Crippen LogP contribution in [0.2, 0.25) is 0 Å². The molecular formula is C12H27ClN2O2S. The Balaban J connectivity index is 3.86. The van der Waals surface area contributed by atoms with Crippen molar-refractivity contribution in [3.05, 3.63) is 0 Å². The van der Waals surface area contributed by atoms with Crippen LogP contribution in [0.15, 0.2) is 0 Å². The maximum Gasteiger partial charge on any atom is 0.211 e. The molecule has 6 heteroatoms. The summed E-state index contributed by atoms with van der Waals surface area (Å²) in [4.78, 5) is 2.34. The number of alkyl halides is 1. The number of rotatable bonds is 11. The van der Waals surface area contributed by atoms with Crippen LogP contribution in [0.5, 0.6) is 0 Å². The minimum absolute atomic E-state index is 0.000822. The van der Waals surface area contributed by atoms with E-state index in [-0.39, 0.29) is 11.8 Å². The molecule has 0 radical (unpaired) electrons.